The van der Waals surface area contributed by atoms with E-state index in [1.165, 1.54) is 0 Å². The summed E-state index contributed by atoms with van der Waals surface area (Å²) >= 11 is 0. The van der Waals surface area contributed by atoms with Crippen molar-refractivity contribution in [2.24, 2.45) is 5.73 Å². The van der Waals surface area contributed by atoms with Gasteiger partial charge in [-0.15, -0.1) is 0 Å². The van der Waals surface area contributed by atoms with Crippen molar-refractivity contribution in [1.29, 1.82) is 0 Å². The fourth-order valence-corrected chi connectivity index (χ4v) is 3.39. The lowest BCUT2D eigenvalue weighted by atomic mass is 10.0. The van der Waals surface area contributed by atoms with Crippen molar-refractivity contribution < 1.29 is 4.79 Å². The van der Waals surface area contributed by atoms with Gasteiger partial charge in [-0.2, -0.15) is 0 Å². The molecular formula is C22H23N5O. The smallest absolute Gasteiger partial charge is 0.241 e. The number of aromatic nitrogens is 3. The second kappa shape index (κ2) is 7.70. The molecule has 1 unspecified atom stereocenters. The monoisotopic (exact) mass is 373 g/mol. The second-order valence-electron chi connectivity index (χ2n) is 6.92. The Kier molecular flexibility index (Phi) is 4.95. The number of nitrogens with zero attached hydrogens (tertiary/aromatic N) is 2. The Labute approximate surface area is 163 Å². The van der Waals surface area contributed by atoms with Gasteiger partial charge in [0.25, 0.3) is 0 Å². The molecule has 0 saturated heterocycles. The first-order valence-corrected chi connectivity index (χ1v) is 9.29. The largest absolute Gasteiger partial charge is 0.361 e. The van der Waals surface area contributed by atoms with Gasteiger partial charge in [-0.1, -0.05) is 36.4 Å². The highest BCUT2D eigenvalue weighted by Crippen LogP contribution is 2.20. The van der Waals surface area contributed by atoms with Gasteiger partial charge in [0.1, 0.15) is 5.82 Å². The molecule has 6 heteroatoms. The minimum Gasteiger partial charge on any atom is -0.361 e. The Balaban J connectivity index is 1.48. The van der Waals surface area contributed by atoms with Gasteiger partial charge in [-0.25, -0.2) is 4.98 Å². The van der Waals surface area contributed by atoms with Crippen LogP contribution < -0.4 is 11.1 Å². The highest BCUT2D eigenvalue weighted by atomic mass is 16.2. The Morgan fingerprint density at radius 2 is 1.96 bits per heavy atom. The van der Waals surface area contributed by atoms with E-state index in [4.69, 9.17) is 5.73 Å². The van der Waals surface area contributed by atoms with Crippen LogP contribution in [0.5, 0.6) is 0 Å². The zero-order valence-corrected chi connectivity index (χ0v) is 15.7. The molecule has 0 spiro atoms. The third-order valence-electron chi connectivity index (χ3n) is 4.99. The summed E-state index contributed by atoms with van der Waals surface area (Å²) in [6.07, 6.45) is 6.09. The molecule has 1 amide bonds. The molecule has 2 aromatic heterocycles. The number of rotatable bonds is 6. The number of nitrogens with one attached hydrogen (secondary N) is 2. The van der Waals surface area contributed by atoms with Crippen LogP contribution in [0.3, 0.4) is 0 Å². The normalized spacial score (nSPS) is 12.2. The molecule has 4 aromatic rings. The SMILES string of the molecule is Cc1nccn1Cc1ccccc1NC(=O)C(N)Cc1c[nH]c2ccccc12. The van der Waals surface area contributed by atoms with E-state index >= 15 is 0 Å². The average Bonchev–Trinajstić information content (AvgIpc) is 3.30. The zero-order chi connectivity index (χ0) is 19.5. The van der Waals surface area contributed by atoms with Crippen molar-refractivity contribution in [2.75, 3.05) is 5.32 Å². The molecule has 0 radical (unpaired) electrons. The molecule has 0 bridgehead atoms. The fourth-order valence-electron chi connectivity index (χ4n) is 3.39. The number of benzene rings is 2. The van der Waals surface area contributed by atoms with Crippen LogP contribution in [0.25, 0.3) is 10.9 Å². The van der Waals surface area contributed by atoms with Crippen molar-refractivity contribution >= 4 is 22.5 Å². The molecule has 4 rings (SSSR count). The number of aromatic amines is 1. The van der Waals surface area contributed by atoms with Crippen molar-refractivity contribution in [3.63, 3.8) is 0 Å². The third kappa shape index (κ3) is 3.68. The summed E-state index contributed by atoms with van der Waals surface area (Å²) in [7, 11) is 0. The molecule has 1 atom stereocenters. The Morgan fingerprint density at radius 1 is 1.18 bits per heavy atom. The maximum Gasteiger partial charge on any atom is 0.241 e. The van der Waals surface area contributed by atoms with E-state index in [9.17, 15) is 4.79 Å². The standard InChI is InChI=1S/C22H23N5O/c1-15-24-10-11-27(15)14-16-6-2-4-8-20(16)26-22(28)19(23)12-17-13-25-21-9-5-3-7-18(17)21/h2-11,13,19,25H,12,14,23H2,1H3,(H,26,28). The van der Waals surface area contributed by atoms with Gasteiger partial charge in [0, 0.05) is 35.2 Å². The van der Waals surface area contributed by atoms with Crippen LogP contribution in [-0.4, -0.2) is 26.5 Å². The number of nitrogens with two attached hydrogens (primary N) is 1. The molecule has 28 heavy (non-hydrogen) atoms. The quantitative estimate of drug-likeness (QED) is 0.485. The highest BCUT2D eigenvalue weighted by Gasteiger charge is 2.17. The number of carbonyl (C=O) groups is 1. The molecule has 2 aromatic carbocycles. The van der Waals surface area contributed by atoms with Gasteiger partial charge in [-0.05, 0) is 36.6 Å². The van der Waals surface area contributed by atoms with Crippen LogP contribution in [0.2, 0.25) is 0 Å². The number of fused-ring (bicyclic) bond motifs is 1. The Hall–Kier alpha value is -3.38. The minimum atomic E-state index is -0.637. The lowest BCUT2D eigenvalue weighted by molar-refractivity contribution is -0.117. The van der Waals surface area contributed by atoms with Gasteiger partial charge in [0.05, 0.1) is 12.6 Å². The van der Waals surface area contributed by atoms with Crippen LogP contribution >= 0.6 is 0 Å². The number of imidazole rings is 1. The maximum absolute atomic E-state index is 12.7. The van der Waals surface area contributed by atoms with Crippen molar-refractivity contribution in [2.45, 2.75) is 25.9 Å². The number of hydrogen-bond acceptors (Lipinski definition) is 3. The van der Waals surface area contributed by atoms with Crippen LogP contribution in [-0.2, 0) is 17.8 Å². The summed E-state index contributed by atoms with van der Waals surface area (Å²) in [6, 6.07) is 15.1. The summed E-state index contributed by atoms with van der Waals surface area (Å²) in [5, 5.41) is 4.09. The van der Waals surface area contributed by atoms with E-state index in [-0.39, 0.29) is 5.91 Å². The van der Waals surface area contributed by atoms with Crippen LogP contribution in [0.1, 0.15) is 17.0 Å². The molecule has 142 valence electrons. The highest BCUT2D eigenvalue weighted by molar-refractivity contribution is 5.96. The molecule has 0 saturated carbocycles. The molecule has 0 aliphatic carbocycles. The molecule has 0 aliphatic rings. The van der Waals surface area contributed by atoms with Gasteiger partial charge in [-0.3, -0.25) is 4.79 Å². The predicted molar refractivity (Wildman–Crippen MR) is 111 cm³/mol. The molecule has 2 heterocycles. The van der Waals surface area contributed by atoms with Gasteiger partial charge in [0.2, 0.25) is 5.91 Å². The molecule has 6 nitrogen and oxygen atoms in total. The average molecular weight is 373 g/mol. The first-order valence-electron chi connectivity index (χ1n) is 9.29. The van der Waals surface area contributed by atoms with Crippen LogP contribution in [0.4, 0.5) is 5.69 Å². The van der Waals surface area contributed by atoms with E-state index in [2.05, 4.69) is 15.3 Å². The first-order chi connectivity index (χ1) is 13.6. The number of para-hydroxylation sites is 2. The van der Waals surface area contributed by atoms with E-state index < -0.39 is 6.04 Å². The van der Waals surface area contributed by atoms with E-state index in [0.29, 0.717) is 13.0 Å². The summed E-state index contributed by atoms with van der Waals surface area (Å²) in [5.74, 6) is 0.734. The van der Waals surface area contributed by atoms with Gasteiger partial charge < -0.3 is 20.6 Å². The predicted octanol–water partition coefficient (Wildman–Crippen LogP) is 3.23. The lowest BCUT2D eigenvalue weighted by Crippen LogP contribution is -2.37. The van der Waals surface area contributed by atoms with Crippen molar-refractivity contribution in [3.05, 3.63) is 84.1 Å². The molecule has 4 N–H and O–H groups in total. The number of anilines is 1. The second-order valence-corrected chi connectivity index (χ2v) is 6.92. The summed E-state index contributed by atoms with van der Waals surface area (Å²) < 4.78 is 2.04. The third-order valence-corrected chi connectivity index (χ3v) is 4.99. The zero-order valence-electron chi connectivity index (χ0n) is 15.7. The lowest BCUT2D eigenvalue weighted by Gasteiger charge is -2.15. The minimum absolute atomic E-state index is 0.194. The topological polar surface area (TPSA) is 88.7 Å². The van der Waals surface area contributed by atoms with Crippen LogP contribution in [0.15, 0.2) is 67.1 Å². The molecular weight excluding hydrogens is 350 g/mol. The Morgan fingerprint density at radius 3 is 2.79 bits per heavy atom. The Bertz CT molecular complexity index is 1110. The maximum atomic E-state index is 12.7. The number of amides is 1. The number of aryl methyl sites for hydroxylation is 1. The molecule has 0 aliphatic heterocycles. The van der Waals surface area contributed by atoms with E-state index in [0.717, 1.165) is 33.5 Å². The summed E-state index contributed by atoms with van der Waals surface area (Å²) in [5.41, 5.74) is 10.1. The van der Waals surface area contributed by atoms with Gasteiger partial charge >= 0.3 is 0 Å². The van der Waals surface area contributed by atoms with E-state index in [1.54, 1.807) is 6.20 Å². The summed E-state index contributed by atoms with van der Waals surface area (Å²) in [6.45, 7) is 2.60. The van der Waals surface area contributed by atoms with Crippen LogP contribution in [0, 0.1) is 6.92 Å². The molecule has 0 fully saturated rings. The number of hydrogen-bond donors (Lipinski definition) is 3. The van der Waals surface area contributed by atoms with Crippen molar-refractivity contribution in [1.82, 2.24) is 14.5 Å². The summed E-state index contributed by atoms with van der Waals surface area (Å²) in [4.78, 5) is 20.2. The number of carbonyl (C=O) groups excluding carboxylic acids is 1. The van der Waals surface area contributed by atoms with Gasteiger partial charge in [0.15, 0.2) is 0 Å². The number of H-pyrrole nitrogens is 1. The van der Waals surface area contributed by atoms with E-state index in [1.807, 2.05) is 72.4 Å². The fraction of sp³-hybridized carbons (Fsp3) is 0.182. The first kappa shape index (κ1) is 18.0. The van der Waals surface area contributed by atoms with Crippen molar-refractivity contribution in [3.8, 4) is 0 Å².